The molecule has 1 saturated carbocycles. The highest BCUT2D eigenvalue weighted by Gasteiger charge is 2.25. The van der Waals surface area contributed by atoms with E-state index in [0.717, 1.165) is 44.7 Å². The maximum absolute atomic E-state index is 12.3. The molecule has 0 unspecified atom stereocenters. The Kier molecular flexibility index (Phi) is 5.24. The van der Waals surface area contributed by atoms with Crippen LogP contribution in [0.3, 0.4) is 0 Å². The van der Waals surface area contributed by atoms with E-state index in [1.165, 1.54) is 25.7 Å². The van der Waals surface area contributed by atoms with Crippen LogP contribution in [0.2, 0.25) is 0 Å². The maximum atomic E-state index is 12.3. The summed E-state index contributed by atoms with van der Waals surface area (Å²) in [6.45, 7) is 1.60. The number of nitrogens with zero attached hydrogens (tertiary/aromatic N) is 3. The van der Waals surface area contributed by atoms with Gasteiger partial charge in [0, 0.05) is 44.7 Å². The third-order valence-corrected chi connectivity index (χ3v) is 4.86. The molecule has 5 nitrogen and oxygen atoms in total. The van der Waals surface area contributed by atoms with Gasteiger partial charge in [0.15, 0.2) is 0 Å². The zero-order valence-electron chi connectivity index (χ0n) is 13.1. The van der Waals surface area contributed by atoms with E-state index in [2.05, 4.69) is 9.97 Å². The van der Waals surface area contributed by atoms with E-state index in [0.29, 0.717) is 11.8 Å². The minimum atomic E-state index is 0.149. The van der Waals surface area contributed by atoms with Gasteiger partial charge in [-0.3, -0.25) is 9.78 Å². The normalized spacial score (nSPS) is 20.3. The first kappa shape index (κ1) is 15.3. The smallest absolute Gasteiger partial charge is 0.232 e. The summed E-state index contributed by atoms with van der Waals surface area (Å²) >= 11 is 0. The maximum Gasteiger partial charge on any atom is 0.232 e. The summed E-state index contributed by atoms with van der Waals surface area (Å²) < 4.78 is 5.81. The topological polar surface area (TPSA) is 55.3 Å². The summed E-state index contributed by atoms with van der Waals surface area (Å²) in [5.74, 6) is 1.69. The quantitative estimate of drug-likeness (QED) is 0.839. The van der Waals surface area contributed by atoms with Crippen molar-refractivity contribution in [2.45, 2.75) is 57.5 Å². The van der Waals surface area contributed by atoms with Crippen LogP contribution in [-0.4, -0.2) is 40.0 Å². The van der Waals surface area contributed by atoms with Gasteiger partial charge in [-0.2, -0.15) is 0 Å². The molecule has 1 aromatic heterocycles. The van der Waals surface area contributed by atoms with Gasteiger partial charge in [0.25, 0.3) is 0 Å². The fourth-order valence-electron chi connectivity index (χ4n) is 3.52. The van der Waals surface area contributed by atoms with Gasteiger partial charge < -0.3 is 9.64 Å². The van der Waals surface area contributed by atoms with E-state index >= 15 is 0 Å². The number of piperidine rings is 1. The van der Waals surface area contributed by atoms with Crippen LogP contribution in [-0.2, 0) is 4.79 Å². The first-order chi connectivity index (χ1) is 10.8. The number of hydrogen-bond donors (Lipinski definition) is 0. The Morgan fingerprint density at radius 2 is 1.95 bits per heavy atom. The lowest BCUT2D eigenvalue weighted by Crippen LogP contribution is -2.41. The van der Waals surface area contributed by atoms with Crippen molar-refractivity contribution >= 4 is 5.91 Å². The second-order valence-electron chi connectivity index (χ2n) is 6.43. The highest BCUT2D eigenvalue weighted by Crippen LogP contribution is 2.29. The SMILES string of the molecule is O=C(CCC1CCCC1)N1CCC(Oc2cnccn2)CC1. The van der Waals surface area contributed by atoms with Gasteiger partial charge in [-0.15, -0.1) is 0 Å². The number of likely N-dealkylation sites (tertiary alicyclic amines) is 1. The summed E-state index contributed by atoms with van der Waals surface area (Å²) in [5.41, 5.74) is 0. The fraction of sp³-hybridized carbons (Fsp3) is 0.706. The van der Waals surface area contributed by atoms with Crippen molar-refractivity contribution in [2.75, 3.05) is 13.1 Å². The van der Waals surface area contributed by atoms with Gasteiger partial charge in [-0.05, 0) is 12.3 Å². The predicted molar refractivity (Wildman–Crippen MR) is 83.5 cm³/mol. The van der Waals surface area contributed by atoms with Crippen LogP contribution in [0.4, 0.5) is 0 Å². The van der Waals surface area contributed by atoms with Crippen molar-refractivity contribution in [3.63, 3.8) is 0 Å². The highest BCUT2D eigenvalue weighted by atomic mass is 16.5. The lowest BCUT2D eigenvalue weighted by molar-refractivity contribution is -0.133. The van der Waals surface area contributed by atoms with Gasteiger partial charge in [0.1, 0.15) is 6.10 Å². The van der Waals surface area contributed by atoms with E-state index in [1.807, 2.05) is 4.90 Å². The molecule has 0 radical (unpaired) electrons. The van der Waals surface area contributed by atoms with Crippen molar-refractivity contribution in [1.29, 1.82) is 0 Å². The molecular formula is C17H25N3O2. The van der Waals surface area contributed by atoms with Gasteiger partial charge >= 0.3 is 0 Å². The van der Waals surface area contributed by atoms with Gasteiger partial charge in [-0.1, -0.05) is 25.7 Å². The van der Waals surface area contributed by atoms with Crippen LogP contribution in [0.1, 0.15) is 51.4 Å². The van der Waals surface area contributed by atoms with Crippen LogP contribution >= 0.6 is 0 Å². The Morgan fingerprint density at radius 1 is 1.18 bits per heavy atom. The van der Waals surface area contributed by atoms with Crippen LogP contribution in [0.15, 0.2) is 18.6 Å². The average molecular weight is 303 g/mol. The Balaban J connectivity index is 1.38. The van der Waals surface area contributed by atoms with Crippen LogP contribution in [0.25, 0.3) is 0 Å². The molecule has 0 atom stereocenters. The molecule has 3 rings (SSSR count). The Hall–Kier alpha value is -1.65. The van der Waals surface area contributed by atoms with Crippen molar-refractivity contribution < 1.29 is 9.53 Å². The standard InChI is InChI=1S/C17H25N3O2/c21-17(6-5-14-3-1-2-4-14)20-11-7-15(8-12-20)22-16-13-18-9-10-19-16/h9-10,13-15H,1-8,11-12H2. The van der Waals surface area contributed by atoms with E-state index in [-0.39, 0.29) is 6.10 Å². The summed E-state index contributed by atoms with van der Waals surface area (Å²) in [6, 6.07) is 0. The number of ether oxygens (including phenoxy) is 1. The number of carbonyl (C=O) groups excluding carboxylic acids is 1. The summed E-state index contributed by atoms with van der Waals surface area (Å²) in [4.78, 5) is 22.4. The van der Waals surface area contributed by atoms with Crippen LogP contribution < -0.4 is 4.74 Å². The lowest BCUT2D eigenvalue weighted by Gasteiger charge is -2.32. The lowest BCUT2D eigenvalue weighted by atomic mass is 10.0. The largest absolute Gasteiger partial charge is 0.473 e. The van der Waals surface area contributed by atoms with E-state index in [4.69, 9.17) is 4.74 Å². The molecule has 1 saturated heterocycles. The third-order valence-electron chi connectivity index (χ3n) is 4.86. The number of amides is 1. The van der Waals surface area contributed by atoms with Gasteiger partial charge in [0.05, 0.1) is 6.20 Å². The molecule has 0 aromatic carbocycles. The molecule has 5 heteroatoms. The first-order valence-electron chi connectivity index (χ1n) is 8.52. The third kappa shape index (κ3) is 4.18. The second kappa shape index (κ2) is 7.56. The second-order valence-corrected chi connectivity index (χ2v) is 6.43. The van der Waals surface area contributed by atoms with E-state index in [1.54, 1.807) is 18.6 Å². The van der Waals surface area contributed by atoms with E-state index in [9.17, 15) is 4.79 Å². The molecule has 2 heterocycles. The Morgan fingerprint density at radius 3 is 2.64 bits per heavy atom. The molecule has 2 aliphatic rings. The molecule has 22 heavy (non-hydrogen) atoms. The fourth-order valence-corrected chi connectivity index (χ4v) is 3.52. The molecule has 0 bridgehead atoms. The first-order valence-corrected chi connectivity index (χ1v) is 8.52. The van der Waals surface area contributed by atoms with E-state index < -0.39 is 0 Å². The zero-order chi connectivity index (χ0) is 15.2. The average Bonchev–Trinajstić information content (AvgIpc) is 3.08. The van der Waals surface area contributed by atoms with Crippen molar-refractivity contribution in [2.24, 2.45) is 5.92 Å². The zero-order valence-corrected chi connectivity index (χ0v) is 13.1. The minimum absolute atomic E-state index is 0.149. The molecule has 1 aliphatic heterocycles. The van der Waals surface area contributed by atoms with Gasteiger partial charge in [0.2, 0.25) is 11.8 Å². The summed E-state index contributed by atoms with van der Waals surface area (Å²) in [7, 11) is 0. The molecule has 0 spiro atoms. The van der Waals surface area contributed by atoms with Crippen molar-refractivity contribution in [1.82, 2.24) is 14.9 Å². The molecule has 1 aromatic rings. The molecular weight excluding hydrogens is 278 g/mol. The summed E-state index contributed by atoms with van der Waals surface area (Å²) in [5, 5.41) is 0. The minimum Gasteiger partial charge on any atom is -0.473 e. The summed E-state index contributed by atoms with van der Waals surface area (Å²) in [6.07, 6.45) is 14.0. The van der Waals surface area contributed by atoms with Crippen LogP contribution in [0, 0.1) is 5.92 Å². The Bertz CT molecular complexity index is 466. The number of carbonyl (C=O) groups is 1. The molecule has 1 amide bonds. The number of aromatic nitrogens is 2. The molecule has 2 fully saturated rings. The molecule has 0 N–H and O–H groups in total. The molecule has 1 aliphatic carbocycles. The van der Waals surface area contributed by atoms with Gasteiger partial charge in [-0.25, -0.2) is 4.98 Å². The monoisotopic (exact) mass is 303 g/mol. The number of rotatable bonds is 5. The number of hydrogen-bond acceptors (Lipinski definition) is 4. The highest BCUT2D eigenvalue weighted by molar-refractivity contribution is 5.76. The Labute approximate surface area is 132 Å². The van der Waals surface area contributed by atoms with Crippen molar-refractivity contribution in [3.05, 3.63) is 18.6 Å². The predicted octanol–water partition coefficient (Wildman–Crippen LogP) is 2.82. The molecule has 120 valence electrons. The van der Waals surface area contributed by atoms with Crippen LogP contribution in [0.5, 0.6) is 5.88 Å². The van der Waals surface area contributed by atoms with Crippen molar-refractivity contribution in [3.8, 4) is 5.88 Å².